The van der Waals surface area contributed by atoms with Crippen LogP contribution in [-0.2, 0) is 19.1 Å². The molecule has 1 amide bonds. The van der Waals surface area contributed by atoms with Gasteiger partial charge in [0, 0.05) is 13.3 Å². The molecule has 7 heteroatoms. The van der Waals surface area contributed by atoms with Crippen LogP contribution in [0.3, 0.4) is 0 Å². The molecular weight excluding hydrogens is 260 g/mol. The summed E-state index contributed by atoms with van der Waals surface area (Å²) in [5.74, 6) is -0.752. The lowest BCUT2D eigenvalue weighted by molar-refractivity contribution is -0.156. The Morgan fingerprint density at radius 3 is 2.78 bits per heavy atom. The highest BCUT2D eigenvalue weighted by molar-refractivity contribution is 6.30. The normalized spacial score (nSPS) is 11.7. The summed E-state index contributed by atoms with van der Waals surface area (Å²) >= 11 is 5.66. The summed E-state index contributed by atoms with van der Waals surface area (Å²) in [6.45, 7) is 1.26. The molecule has 6 nitrogen and oxygen atoms in total. The number of hydrogen-bond acceptors (Lipinski definition) is 5. The van der Waals surface area contributed by atoms with E-state index in [0.717, 1.165) is 0 Å². The highest BCUT2D eigenvalue weighted by Gasteiger charge is 2.17. The molecule has 0 unspecified atom stereocenters. The fraction of sp³-hybridized carbons (Fsp3) is 0.364. The SMILES string of the molecule is COCC(=O)O[C@H](C)C(=O)Nc1ccc(Cl)cn1. The number of carbonyl (C=O) groups is 2. The smallest absolute Gasteiger partial charge is 0.332 e. The van der Waals surface area contributed by atoms with Crippen LogP contribution >= 0.6 is 11.6 Å². The van der Waals surface area contributed by atoms with Gasteiger partial charge in [-0.25, -0.2) is 9.78 Å². The molecule has 0 aliphatic heterocycles. The maximum atomic E-state index is 11.6. The van der Waals surface area contributed by atoms with E-state index in [4.69, 9.17) is 16.3 Å². The van der Waals surface area contributed by atoms with Gasteiger partial charge in [0.05, 0.1) is 5.02 Å². The second kappa shape index (κ2) is 6.93. The van der Waals surface area contributed by atoms with E-state index in [1.165, 1.54) is 20.2 Å². The second-order valence-electron chi connectivity index (χ2n) is 3.42. The Balaban J connectivity index is 2.49. The number of amides is 1. The van der Waals surface area contributed by atoms with Crippen LogP contribution < -0.4 is 5.32 Å². The Hall–Kier alpha value is -1.66. The fourth-order valence-corrected chi connectivity index (χ4v) is 1.19. The lowest BCUT2D eigenvalue weighted by Gasteiger charge is -2.12. The van der Waals surface area contributed by atoms with Gasteiger partial charge in [-0.1, -0.05) is 11.6 Å². The molecule has 1 heterocycles. The van der Waals surface area contributed by atoms with Crippen molar-refractivity contribution in [3.8, 4) is 0 Å². The van der Waals surface area contributed by atoms with Crippen LogP contribution in [0.1, 0.15) is 6.92 Å². The van der Waals surface area contributed by atoms with E-state index in [9.17, 15) is 9.59 Å². The van der Waals surface area contributed by atoms with Gasteiger partial charge in [0.2, 0.25) is 0 Å². The molecule has 1 N–H and O–H groups in total. The molecular formula is C11H13ClN2O4. The lowest BCUT2D eigenvalue weighted by atomic mass is 10.3. The quantitative estimate of drug-likeness (QED) is 0.816. The minimum atomic E-state index is -0.926. The standard InChI is InChI=1S/C11H13ClN2O4/c1-7(18-10(15)6-17-2)11(16)14-9-4-3-8(12)5-13-9/h3-5,7H,6H2,1-2H3,(H,13,14,16)/t7-/m1/s1. The largest absolute Gasteiger partial charge is 0.451 e. The van der Waals surface area contributed by atoms with E-state index in [-0.39, 0.29) is 6.61 Å². The molecule has 0 bridgehead atoms. The third-order valence-electron chi connectivity index (χ3n) is 1.92. The van der Waals surface area contributed by atoms with Gasteiger partial charge in [0.25, 0.3) is 5.91 Å². The molecule has 1 rings (SSSR count). The number of anilines is 1. The number of aromatic nitrogens is 1. The average molecular weight is 273 g/mol. The van der Waals surface area contributed by atoms with Crippen molar-refractivity contribution < 1.29 is 19.1 Å². The van der Waals surface area contributed by atoms with Crippen LogP contribution in [0.25, 0.3) is 0 Å². The average Bonchev–Trinajstić information content (AvgIpc) is 2.32. The maximum Gasteiger partial charge on any atom is 0.332 e. The Morgan fingerprint density at radius 2 is 2.22 bits per heavy atom. The fourth-order valence-electron chi connectivity index (χ4n) is 1.08. The number of nitrogens with one attached hydrogen (secondary N) is 1. The van der Waals surface area contributed by atoms with Crippen molar-refractivity contribution in [3.63, 3.8) is 0 Å². The molecule has 98 valence electrons. The first-order chi connectivity index (χ1) is 8.52. The first-order valence-electron chi connectivity index (χ1n) is 5.13. The molecule has 1 aromatic heterocycles. The minimum absolute atomic E-state index is 0.198. The van der Waals surface area contributed by atoms with E-state index in [0.29, 0.717) is 10.8 Å². The molecule has 0 radical (unpaired) electrons. The zero-order valence-electron chi connectivity index (χ0n) is 9.97. The van der Waals surface area contributed by atoms with Gasteiger partial charge in [0.15, 0.2) is 6.10 Å². The van der Waals surface area contributed by atoms with Crippen LogP contribution in [0.2, 0.25) is 5.02 Å². The van der Waals surface area contributed by atoms with Gasteiger partial charge >= 0.3 is 5.97 Å². The third kappa shape index (κ3) is 4.68. The zero-order valence-corrected chi connectivity index (χ0v) is 10.7. The van der Waals surface area contributed by atoms with Gasteiger partial charge in [0.1, 0.15) is 12.4 Å². The highest BCUT2D eigenvalue weighted by Crippen LogP contribution is 2.10. The molecule has 0 saturated heterocycles. The van der Waals surface area contributed by atoms with Crippen molar-refractivity contribution in [2.24, 2.45) is 0 Å². The van der Waals surface area contributed by atoms with Crippen LogP contribution in [0, 0.1) is 0 Å². The molecule has 0 spiro atoms. The number of pyridine rings is 1. The van der Waals surface area contributed by atoms with Crippen LogP contribution in [0.15, 0.2) is 18.3 Å². The molecule has 0 aromatic carbocycles. The van der Waals surface area contributed by atoms with E-state index in [2.05, 4.69) is 15.0 Å². The summed E-state index contributed by atoms with van der Waals surface area (Å²) in [7, 11) is 1.36. The summed E-state index contributed by atoms with van der Waals surface area (Å²) < 4.78 is 9.40. The van der Waals surface area contributed by atoms with Gasteiger partial charge in [-0.05, 0) is 19.1 Å². The van der Waals surface area contributed by atoms with Gasteiger partial charge < -0.3 is 14.8 Å². The van der Waals surface area contributed by atoms with Gasteiger partial charge in [-0.3, -0.25) is 4.79 Å². The lowest BCUT2D eigenvalue weighted by Crippen LogP contribution is -2.31. The number of carbonyl (C=O) groups excluding carboxylic acids is 2. The molecule has 1 atom stereocenters. The summed E-state index contributed by atoms with van der Waals surface area (Å²) in [6.07, 6.45) is 0.476. The predicted molar refractivity (Wildman–Crippen MR) is 65.3 cm³/mol. The van der Waals surface area contributed by atoms with Crippen molar-refractivity contribution in [3.05, 3.63) is 23.4 Å². The number of nitrogens with zero attached hydrogens (tertiary/aromatic N) is 1. The van der Waals surface area contributed by atoms with Crippen LogP contribution in [-0.4, -0.2) is 36.7 Å². The molecule has 0 aliphatic carbocycles. The molecule has 0 aliphatic rings. The predicted octanol–water partition coefficient (Wildman–Crippen LogP) is 1.25. The highest BCUT2D eigenvalue weighted by atomic mass is 35.5. The Kier molecular flexibility index (Phi) is 5.54. The van der Waals surface area contributed by atoms with Gasteiger partial charge in [-0.2, -0.15) is 0 Å². The maximum absolute atomic E-state index is 11.6. The van der Waals surface area contributed by atoms with Crippen LogP contribution in [0.5, 0.6) is 0 Å². The van der Waals surface area contributed by atoms with E-state index < -0.39 is 18.0 Å². The molecule has 0 saturated carbocycles. The molecule has 0 fully saturated rings. The van der Waals surface area contributed by atoms with Crippen molar-refractivity contribution in [1.29, 1.82) is 0 Å². The summed E-state index contributed by atoms with van der Waals surface area (Å²) in [4.78, 5) is 26.6. The van der Waals surface area contributed by atoms with E-state index in [1.807, 2.05) is 0 Å². The molecule has 18 heavy (non-hydrogen) atoms. The van der Waals surface area contributed by atoms with Gasteiger partial charge in [-0.15, -0.1) is 0 Å². The number of ether oxygens (including phenoxy) is 2. The number of hydrogen-bond donors (Lipinski definition) is 1. The second-order valence-corrected chi connectivity index (χ2v) is 3.85. The first-order valence-corrected chi connectivity index (χ1v) is 5.51. The number of methoxy groups -OCH3 is 1. The van der Waals surface area contributed by atoms with Crippen molar-refractivity contribution >= 4 is 29.3 Å². The zero-order chi connectivity index (χ0) is 13.5. The van der Waals surface area contributed by atoms with Crippen molar-refractivity contribution in [1.82, 2.24) is 4.98 Å². The number of halogens is 1. The van der Waals surface area contributed by atoms with E-state index >= 15 is 0 Å². The summed E-state index contributed by atoms with van der Waals surface area (Å²) in [6, 6.07) is 3.13. The van der Waals surface area contributed by atoms with Crippen molar-refractivity contribution in [2.45, 2.75) is 13.0 Å². The van der Waals surface area contributed by atoms with Crippen LogP contribution in [0.4, 0.5) is 5.82 Å². The first kappa shape index (κ1) is 14.4. The number of esters is 1. The summed E-state index contributed by atoms with van der Waals surface area (Å²) in [5, 5.41) is 2.95. The third-order valence-corrected chi connectivity index (χ3v) is 2.14. The minimum Gasteiger partial charge on any atom is -0.451 e. The van der Waals surface area contributed by atoms with E-state index in [1.54, 1.807) is 12.1 Å². The molecule has 1 aromatic rings. The van der Waals surface area contributed by atoms with Crippen molar-refractivity contribution in [2.75, 3.05) is 19.0 Å². The topological polar surface area (TPSA) is 77.5 Å². The Bertz CT molecular complexity index is 422. The number of rotatable bonds is 5. The monoisotopic (exact) mass is 272 g/mol. The Morgan fingerprint density at radius 1 is 1.50 bits per heavy atom. The Labute approximate surface area is 109 Å². The summed E-state index contributed by atoms with van der Waals surface area (Å²) in [5.41, 5.74) is 0.